The third-order valence-electron chi connectivity index (χ3n) is 3.79. The predicted molar refractivity (Wildman–Crippen MR) is 104 cm³/mol. The van der Waals surface area contributed by atoms with Gasteiger partial charge in [-0.3, -0.25) is 4.79 Å². The third kappa shape index (κ3) is 5.59. The second-order valence-electron chi connectivity index (χ2n) is 5.60. The van der Waals surface area contributed by atoms with Gasteiger partial charge in [0, 0.05) is 4.90 Å². The van der Waals surface area contributed by atoms with Gasteiger partial charge in [-0.05, 0) is 49.7 Å². The van der Waals surface area contributed by atoms with Crippen LogP contribution in [-0.4, -0.2) is 32.5 Å². The SMILES string of the molecule is CCOc1ccc(C(C)NC(=O)CSc2ccc(OC)c(OC)c2)cc1. The van der Waals surface area contributed by atoms with Gasteiger partial charge in [0.05, 0.1) is 32.6 Å². The van der Waals surface area contributed by atoms with Gasteiger partial charge in [0.15, 0.2) is 11.5 Å². The number of rotatable bonds is 9. The normalized spacial score (nSPS) is 11.5. The van der Waals surface area contributed by atoms with E-state index in [0.29, 0.717) is 23.9 Å². The number of amides is 1. The lowest BCUT2D eigenvalue weighted by atomic mass is 10.1. The fraction of sp³-hybridized carbons (Fsp3) is 0.350. The van der Waals surface area contributed by atoms with Crippen LogP contribution in [0.4, 0.5) is 0 Å². The first kappa shape index (κ1) is 20.0. The molecule has 1 atom stereocenters. The topological polar surface area (TPSA) is 56.8 Å². The largest absolute Gasteiger partial charge is 0.494 e. The summed E-state index contributed by atoms with van der Waals surface area (Å²) in [4.78, 5) is 13.2. The van der Waals surface area contributed by atoms with Crippen LogP contribution in [0.1, 0.15) is 25.5 Å². The quantitative estimate of drug-likeness (QED) is 0.670. The number of nitrogens with one attached hydrogen (secondary N) is 1. The highest BCUT2D eigenvalue weighted by molar-refractivity contribution is 8.00. The molecule has 0 aliphatic heterocycles. The molecule has 0 aromatic heterocycles. The molecule has 0 saturated heterocycles. The molecule has 1 N–H and O–H groups in total. The summed E-state index contributed by atoms with van der Waals surface area (Å²) >= 11 is 1.46. The van der Waals surface area contributed by atoms with Crippen LogP contribution in [0, 0.1) is 0 Å². The molecule has 2 rings (SSSR count). The van der Waals surface area contributed by atoms with Gasteiger partial charge in [0.2, 0.25) is 5.91 Å². The Morgan fingerprint density at radius 3 is 2.38 bits per heavy atom. The number of hydrogen-bond acceptors (Lipinski definition) is 5. The molecular weight excluding hydrogens is 350 g/mol. The molecule has 5 nitrogen and oxygen atoms in total. The summed E-state index contributed by atoms with van der Waals surface area (Å²) in [6.07, 6.45) is 0. The van der Waals surface area contributed by atoms with E-state index in [9.17, 15) is 4.79 Å². The first-order chi connectivity index (χ1) is 12.6. The summed E-state index contributed by atoms with van der Waals surface area (Å²) in [6.45, 7) is 4.56. The molecule has 0 aliphatic rings. The maximum atomic E-state index is 12.2. The number of benzene rings is 2. The van der Waals surface area contributed by atoms with Crippen LogP contribution in [0.5, 0.6) is 17.2 Å². The van der Waals surface area contributed by atoms with Crippen molar-refractivity contribution in [1.82, 2.24) is 5.32 Å². The molecule has 2 aromatic carbocycles. The molecular formula is C20H25NO4S. The van der Waals surface area contributed by atoms with Crippen molar-refractivity contribution >= 4 is 17.7 Å². The molecule has 6 heteroatoms. The molecule has 0 spiro atoms. The summed E-state index contributed by atoms with van der Waals surface area (Å²) < 4.78 is 15.9. The summed E-state index contributed by atoms with van der Waals surface area (Å²) in [6, 6.07) is 13.3. The lowest BCUT2D eigenvalue weighted by Crippen LogP contribution is -2.28. The van der Waals surface area contributed by atoms with Crippen LogP contribution in [0.15, 0.2) is 47.4 Å². The van der Waals surface area contributed by atoms with Crippen LogP contribution in [0.25, 0.3) is 0 Å². The Hall–Kier alpha value is -2.34. The van der Waals surface area contributed by atoms with E-state index in [-0.39, 0.29) is 11.9 Å². The summed E-state index contributed by atoms with van der Waals surface area (Å²) in [7, 11) is 3.19. The van der Waals surface area contributed by atoms with E-state index in [2.05, 4.69) is 5.32 Å². The fourth-order valence-electron chi connectivity index (χ4n) is 2.44. The van der Waals surface area contributed by atoms with Gasteiger partial charge in [-0.2, -0.15) is 0 Å². The van der Waals surface area contributed by atoms with Crippen LogP contribution in [0.2, 0.25) is 0 Å². The monoisotopic (exact) mass is 375 g/mol. The van der Waals surface area contributed by atoms with Crippen LogP contribution in [0.3, 0.4) is 0 Å². The highest BCUT2D eigenvalue weighted by Crippen LogP contribution is 2.31. The van der Waals surface area contributed by atoms with Gasteiger partial charge in [-0.15, -0.1) is 11.8 Å². The van der Waals surface area contributed by atoms with Crippen molar-refractivity contribution in [3.8, 4) is 17.2 Å². The Morgan fingerprint density at radius 2 is 1.77 bits per heavy atom. The maximum absolute atomic E-state index is 12.2. The van der Waals surface area contributed by atoms with E-state index in [0.717, 1.165) is 16.2 Å². The zero-order chi connectivity index (χ0) is 18.9. The Morgan fingerprint density at radius 1 is 1.08 bits per heavy atom. The van der Waals surface area contributed by atoms with Crippen molar-refractivity contribution in [2.45, 2.75) is 24.8 Å². The van der Waals surface area contributed by atoms with E-state index in [4.69, 9.17) is 14.2 Å². The standard InChI is InChI=1S/C20H25NO4S/c1-5-25-16-8-6-15(7-9-16)14(2)21-20(22)13-26-17-10-11-18(23-3)19(12-17)24-4/h6-12,14H,5,13H2,1-4H3,(H,21,22). The van der Waals surface area contributed by atoms with Gasteiger partial charge >= 0.3 is 0 Å². The van der Waals surface area contributed by atoms with Gasteiger partial charge in [-0.25, -0.2) is 0 Å². The van der Waals surface area contributed by atoms with E-state index in [1.165, 1.54) is 11.8 Å². The van der Waals surface area contributed by atoms with Crippen molar-refractivity contribution in [2.75, 3.05) is 26.6 Å². The van der Waals surface area contributed by atoms with Gasteiger partial charge in [0.1, 0.15) is 5.75 Å². The van der Waals surface area contributed by atoms with Crippen molar-refractivity contribution < 1.29 is 19.0 Å². The van der Waals surface area contributed by atoms with Gasteiger partial charge < -0.3 is 19.5 Å². The number of hydrogen-bond donors (Lipinski definition) is 1. The number of thioether (sulfide) groups is 1. The molecule has 0 bridgehead atoms. The molecule has 1 unspecified atom stereocenters. The Balaban J connectivity index is 1.88. The van der Waals surface area contributed by atoms with Crippen LogP contribution < -0.4 is 19.5 Å². The van der Waals surface area contributed by atoms with Crippen LogP contribution >= 0.6 is 11.8 Å². The fourth-order valence-corrected chi connectivity index (χ4v) is 3.18. The van der Waals surface area contributed by atoms with Gasteiger partial charge in [0.25, 0.3) is 0 Å². The Bertz CT molecular complexity index is 718. The zero-order valence-electron chi connectivity index (χ0n) is 15.6. The van der Waals surface area contributed by atoms with E-state index in [1.54, 1.807) is 14.2 Å². The molecule has 140 valence electrons. The van der Waals surface area contributed by atoms with Crippen molar-refractivity contribution in [1.29, 1.82) is 0 Å². The molecule has 1 amide bonds. The maximum Gasteiger partial charge on any atom is 0.230 e. The van der Waals surface area contributed by atoms with Crippen molar-refractivity contribution in [2.24, 2.45) is 0 Å². The average Bonchev–Trinajstić information content (AvgIpc) is 2.66. The van der Waals surface area contributed by atoms with Crippen molar-refractivity contribution in [3.63, 3.8) is 0 Å². The van der Waals surface area contributed by atoms with E-state index < -0.39 is 0 Å². The molecule has 0 aliphatic carbocycles. The smallest absolute Gasteiger partial charge is 0.230 e. The Kier molecular flexibility index (Phi) is 7.66. The first-order valence-electron chi connectivity index (χ1n) is 8.44. The predicted octanol–water partition coefficient (Wildman–Crippen LogP) is 4.07. The number of ether oxygens (including phenoxy) is 3. The third-order valence-corrected chi connectivity index (χ3v) is 4.79. The molecule has 0 fully saturated rings. The minimum absolute atomic E-state index is 0.0221. The molecule has 0 saturated carbocycles. The van der Waals surface area contributed by atoms with Crippen LogP contribution in [-0.2, 0) is 4.79 Å². The Labute approximate surface area is 159 Å². The minimum Gasteiger partial charge on any atom is -0.494 e. The summed E-state index contributed by atoms with van der Waals surface area (Å²) in [5, 5.41) is 3.01. The van der Waals surface area contributed by atoms with E-state index in [1.807, 2.05) is 56.3 Å². The highest BCUT2D eigenvalue weighted by atomic mass is 32.2. The first-order valence-corrected chi connectivity index (χ1v) is 9.42. The van der Waals surface area contributed by atoms with Crippen molar-refractivity contribution in [3.05, 3.63) is 48.0 Å². The summed E-state index contributed by atoms with van der Waals surface area (Å²) in [5.74, 6) is 2.47. The second-order valence-corrected chi connectivity index (χ2v) is 6.65. The lowest BCUT2D eigenvalue weighted by Gasteiger charge is -2.15. The molecule has 0 heterocycles. The van der Waals surface area contributed by atoms with Gasteiger partial charge in [-0.1, -0.05) is 12.1 Å². The molecule has 0 radical (unpaired) electrons. The minimum atomic E-state index is -0.0656. The van der Waals surface area contributed by atoms with E-state index >= 15 is 0 Å². The number of carbonyl (C=O) groups is 1. The number of carbonyl (C=O) groups excluding carboxylic acids is 1. The lowest BCUT2D eigenvalue weighted by molar-refractivity contribution is -0.119. The highest BCUT2D eigenvalue weighted by Gasteiger charge is 2.11. The molecule has 26 heavy (non-hydrogen) atoms. The summed E-state index contributed by atoms with van der Waals surface area (Å²) in [5.41, 5.74) is 1.04. The second kappa shape index (κ2) is 9.97. The zero-order valence-corrected chi connectivity index (χ0v) is 16.4. The molecule has 2 aromatic rings. The number of methoxy groups -OCH3 is 2. The average molecular weight is 375 g/mol.